The molecule has 1 aromatic rings. The number of esters is 1. The van der Waals surface area contributed by atoms with Gasteiger partial charge >= 0.3 is 12.0 Å². The molecule has 0 bridgehead atoms. The highest BCUT2D eigenvalue weighted by atomic mass is 32.1. The summed E-state index contributed by atoms with van der Waals surface area (Å²) >= 11 is 1.47. The van der Waals surface area contributed by atoms with Gasteiger partial charge in [-0.1, -0.05) is 6.07 Å². The lowest BCUT2D eigenvalue weighted by Gasteiger charge is -2.27. The first-order valence-corrected chi connectivity index (χ1v) is 6.99. The molecule has 2 heterocycles. The number of carbonyl (C=O) groups is 2. The van der Waals surface area contributed by atoms with Crippen LogP contribution in [0, 0.1) is 0 Å². The van der Waals surface area contributed by atoms with Crippen LogP contribution < -0.4 is 10.6 Å². The van der Waals surface area contributed by atoms with Crippen LogP contribution in [0.2, 0.25) is 0 Å². The maximum absolute atomic E-state index is 12.2. The highest BCUT2D eigenvalue weighted by molar-refractivity contribution is 7.10. The largest absolute Gasteiger partial charge is 0.460 e. The first-order valence-electron chi connectivity index (χ1n) is 6.11. The number of allylic oxidation sites excluding steroid dienone is 1. The van der Waals surface area contributed by atoms with Crippen LogP contribution >= 0.6 is 11.3 Å². The van der Waals surface area contributed by atoms with Crippen LogP contribution in [-0.2, 0) is 14.3 Å². The van der Waals surface area contributed by atoms with Crippen molar-refractivity contribution in [2.45, 2.75) is 13.0 Å². The Morgan fingerprint density at radius 2 is 2.25 bits per heavy atom. The summed E-state index contributed by atoms with van der Waals surface area (Å²) in [6.07, 6.45) is 0. The quantitative estimate of drug-likeness (QED) is 0.638. The van der Waals surface area contributed by atoms with E-state index >= 15 is 0 Å². The summed E-state index contributed by atoms with van der Waals surface area (Å²) in [5.74, 6) is -0.453. The maximum Gasteiger partial charge on any atom is 0.338 e. The molecule has 0 fully saturated rings. The highest BCUT2D eigenvalue weighted by Gasteiger charge is 2.32. The van der Waals surface area contributed by atoms with Crippen molar-refractivity contribution in [1.82, 2.24) is 10.6 Å². The second kappa shape index (κ2) is 6.53. The molecule has 1 atom stereocenters. The number of hydrogen-bond acceptors (Lipinski definition) is 5. The van der Waals surface area contributed by atoms with Crippen LogP contribution in [0.1, 0.15) is 17.8 Å². The van der Waals surface area contributed by atoms with Crippen LogP contribution in [-0.4, -0.2) is 32.3 Å². The van der Waals surface area contributed by atoms with Gasteiger partial charge in [0, 0.05) is 17.7 Å². The van der Waals surface area contributed by atoms with Gasteiger partial charge in [-0.2, -0.15) is 0 Å². The molecular weight excluding hydrogens is 280 g/mol. The number of hydrogen-bond donors (Lipinski definition) is 2. The van der Waals surface area contributed by atoms with Crippen molar-refractivity contribution in [3.05, 3.63) is 33.7 Å². The molecule has 0 spiro atoms. The Balaban J connectivity index is 2.22. The van der Waals surface area contributed by atoms with Gasteiger partial charge in [0.15, 0.2) is 0 Å². The first-order chi connectivity index (χ1) is 9.63. The summed E-state index contributed by atoms with van der Waals surface area (Å²) in [5, 5.41) is 7.23. The summed E-state index contributed by atoms with van der Waals surface area (Å²) in [6, 6.07) is 2.95. The minimum absolute atomic E-state index is 0.178. The average Bonchev–Trinajstić information content (AvgIpc) is 2.91. The monoisotopic (exact) mass is 296 g/mol. The molecule has 0 radical (unpaired) electrons. The molecular formula is C13H16N2O4S. The van der Waals surface area contributed by atoms with Crippen molar-refractivity contribution in [2.75, 3.05) is 20.3 Å². The number of ether oxygens (including phenoxy) is 2. The van der Waals surface area contributed by atoms with Crippen molar-refractivity contribution in [3.8, 4) is 0 Å². The number of urea groups is 1. The van der Waals surface area contributed by atoms with Crippen molar-refractivity contribution < 1.29 is 19.1 Å². The smallest absolute Gasteiger partial charge is 0.338 e. The lowest BCUT2D eigenvalue weighted by molar-refractivity contribution is -0.140. The zero-order valence-electron chi connectivity index (χ0n) is 11.3. The van der Waals surface area contributed by atoms with Crippen LogP contribution in [0.4, 0.5) is 4.79 Å². The molecule has 1 aromatic heterocycles. The van der Waals surface area contributed by atoms with Gasteiger partial charge in [0.1, 0.15) is 6.61 Å². The van der Waals surface area contributed by atoms with Crippen LogP contribution in [0.15, 0.2) is 28.8 Å². The SMILES string of the molecule is COCCOC(=O)C1=C(C)NC(=O)NC1c1cccs1. The Labute approximate surface area is 120 Å². The van der Waals surface area contributed by atoms with Gasteiger partial charge in [0.25, 0.3) is 0 Å². The Morgan fingerprint density at radius 1 is 1.45 bits per heavy atom. The third kappa shape index (κ3) is 3.17. The second-order valence-corrected chi connectivity index (χ2v) is 5.19. The van der Waals surface area contributed by atoms with E-state index in [1.807, 2.05) is 17.5 Å². The molecule has 0 saturated carbocycles. The summed E-state index contributed by atoms with van der Waals surface area (Å²) < 4.78 is 9.99. The summed E-state index contributed by atoms with van der Waals surface area (Å²) in [7, 11) is 1.54. The zero-order valence-corrected chi connectivity index (χ0v) is 12.1. The number of rotatable bonds is 5. The molecule has 0 saturated heterocycles. The molecule has 7 heteroatoms. The molecule has 2 rings (SSSR count). The van der Waals surface area contributed by atoms with Crippen molar-refractivity contribution >= 4 is 23.3 Å². The van der Waals surface area contributed by atoms with Gasteiger partial charge in [-0.05, 0) is 18.4 Å². The van der Waals surface area contributed by atoms with Gasteiger partial charge in [0.05, 0.1) is 18.2 Å². The second-order valence-electron chi connectivity index (χ2n) is 4.21. The Bertz CT molecular complexity index is 524. The van der Waals surface area contributed by atoms with E-state index in [1.54, 1.807) is 6.92 Å². The number of amides is 2. The standard InChI is InChI=1S/C13H16N2O4S/c1-8-10(12(16)19-6-5-18-2)11(15-13(17)14-8)9-4-3-7-20-9/h3-4,7,11H,5-6H2,1-2H3,(H2,14,15,17). The number of nitrogens with one attached hydrogen (secondary N) is 2. The third-order valence-electron chi connectivity index (χ3n) is 2.84. The van der Waals surface area contributed by atoms with E-state index in [4.69, 9.17) is 9.47 Å². The van der Waals surface area contributed by atoms with Crippen LogP contribution in [0.25, 0.3) is 0 Å². The molecule has 1 aliphatic heterocycles. The molecule has 1 unspecified atom stereocenters. The van der Waals surface area contributed by atoms with Gasteiger partial charge in [-0.25, -0.2) is 9.59 Å². The normalized spacial score (nSPS) is 18.5. The molecule has 1 aliphatic rings. The topological polar surface area (TPSA) is 76.7 Å². The fourth-order valence-electron chi connectivity index (χ4n) is 1.93. The average molecular weight is 296 g/mol. The maximum atomic E-state index is 12.2. The molecule has 6 nitrogen and oxygen atoms in total. The highest BCUT2D eigenvalue weighted by Crippen LogP contribution is 2.30. The van der Waals surface area contributed by atoms with E-state index in [2.05, 4.69) is 10.6 Å². The predicted octanol–water partition coefficient (Wildman–Crippen LogP) is 1.57. The summed E-state index contributed by atoms with van der Waals surface area (Å²) in [5.41, 5.74) is 0.928. The molecule has 0 aliphatic carbocycles. The van der Waals surface area contributed by atoms with Gasteiger partial charge in [-0.3, -0.25) is 0 Å². The summed E-state index contributed by atoms with van der Waals surface area (Å²) in [6.45, 7) is 2.20. The van der Waals surface area contributed by atoms with E-state index in [-0.39, 0.29) is 12.6 Å². The lowest BCUT2D eigenvalue weighted by Crippen LogP contribution is -2.45. The minimum atomic E-state index is -0.473. The fraction of sp³-hybridized carbons (Fsp3) is 0.385. The summed E-state index contributed by atoms with van der Waals surface area (Å²) in [4.78, 5) is 24.6. The van der Waals surface area contributed by atoms with Crippen molar-refractivity contribution in [2.24, 2.45) is 0 Å². The number of thiophene rings is 1. The van der Waals surface area contributed by atoms with Crippen LogP contribution in [0.5, 0.6) is 0 Å². The van der Waals surface area contributed by atoms with Crippen LogP contribution in [0.3, 0.4) is 0 Å². The Hall–Kier alpha value is -1.86. The third-order valence-corrected chi connectivity index (χ3v) is 3.77. The molecule has 20 heavy (non-hydrogen) atoms. The number of carbonyl (C=O) groups excluding carboxylic acids is 2. The van der Waals surface area contributed by atoms with E-state index in [0.717, 1.165) is 4.88 Å². The molecule has 108 valence electrons. The van der Waals surface area contributed by atoms with Gasteiger partial charge < -0.3 is 20.1 Å². The number of methoxy groups -OCH3 is 1. The first kappa shape index (κ1) is 14.5. The predicted molar refractivity (Wildman–Crippen MR) is 74.3 cm³/mol. The van der Waals surface area contributed by atoms with Crippen molar-refractivity contribution in [3.63, 3.8) is 0 Å². The van der Waals surface area contributed by atoms with E-state index in [9.17, 15) is 9.59 Å². The van der Waals surface area contributed by atoms with E-state index in [0.29, 0.717) is 17.9 Å². The molecule has 0 aromatic carbocycles. The Morgan fingerprint density at radius 3 is 2.90 bits per heavy atom. The van der Waals surface area contributed by atoms with Gasteiger partial charge in [-0.15, -0.1) is 11.3 Å². The lowest BCUT2D eigenvalue weighted by atomic mass is 10.0. The molecule has 2 amide bonds. The van der Waals surface area contributed by atoms with Gasteiger partial charge in [0.2, 0.25) is 0 Å². The fourth-order valence-corrected chi connectivity index (χ4v) is 2.71. The Kier molecular flexibility index (Phi) is 4.75. The zero-order chi connectivity index (χ0) is 14.5. The van der Waals surface area contributed by atoms with E-state index < -0.39 is 12.0 Å². The van der Waals surface area contributed by atoms with Crippen molar-refractivity contribution in [1.29, 1.82) is 0 Å². The van der Waals surface area contributed by atoms with E-state index in [1.165, 1.54) is 18.4 Å². The minimum Gasteiger partial charge on any atom is -0.460 e. The molecule has 2 N–H and O–H groups in total.